The number of aromatic amines is 1. The number of hydrogen-bond acceptors (Lipinski definition) is 5. The summed E-state index contributed by atoms with van der Waals surface area (Å²) in [5.74, 6) is 0.458. The van der Waals surface area contributed by atoms with E-state index >= 15 is 0 Å². The Morgan fingerprint density at radius 1 is 1.17 bits per heavy atom. The number of para-hydroxylation sites is 1. The molecule has 2 aromatic heterocycles. The Bertz CT molecular complexity index is 1430. The van der Waals surface area contributed by atoms with Gasteiger partial charge in [-0.15, -0.1) is 0 Å². The van der Waals surface area contributed by atoms with Crippen LogP contribution in [0, 0.1) is 4.64 Å². The van der Waals surface area contributed by atoms with Crippen LogP contribution < -0.4 is 10.5 Å². The number of hydrogen-bond donors (Lipinski definition) is 1. The average molecular weight is 456 g/mol. The molecule has 2 aromatic carbocycles. The van der Waals surface area contributed by atoms with Crippen LogP contribution in [-0.4, -0.2) is 25.6 Å². The third-order valence-corrected chi connectivity index (χ3v) is 6.37. The average Bonchev–Trinajstić information content (AvgIpc) is 3.05. The normalized spacial score (nSPS) is 15.6. The summed E-state index contributed by atoms with van der Waals surface area (Å²) in [6.45, 7) is 2.10. The highest BCUT2D eigenvalue weighted by Gasteiger charge is 2.29. The number of fused-ring (bicyclic) bond motifs is 2. The Kier molecular flexibility index (Phi) is 4.61. The number of nitrogens with zero attached hydrogens (tertiary/aromatic N) is 4. The molecule has 0 saturated heterocycles. The zero-order valence-corrected chi connectivity index (χ0v) is 18.1. The van der Waals surface area contributed by atoms with Crippen molar-refractivity contribution in [2.24, 2.45) is 0 Å². The molecule has 3 heterocycles. The molecular formula is C21H15Cl2N5OS. The topological polar surface area (TPSA) is 66.8 Å². The second-order valence-electron chi connectivity index (χ2n) is 7.16. The van der Waals surface area contributed by atoms with Gasteiger partial charge in [0.15, 0.2) is 5.65 Å². The van der Waals surface area contributed by atoms with Crippen LogP contribution in [0.2, 0.25) is 10.0 Å². The highest BCUT2D eigenvalue weighted by molar-refractivity contribution is 7.71. The van der Waals surface area contributed by atoms with E-state index in [1.54, 1.807) is 29.1 Å². The molecule has 5 rings (SSSR count). The fourth-order valence-corrected chi connectivity index (χ4v) is 4.47. The molecule has 0 radical (unpaired) electrons. The smallest absolute Gasteiger partial charge is 0.264 e. The number of rotatable bonds is 2. The van der Waals surface area contributed by atoms with Crippen LogP contribution in [0.4, 0.5) is 11.6 Å². The van der Waals surface area contributed by atoms with Gasteiger partial charge in [-0.25, -0.2) is 4.98 Å². The van der Waals surface area contributed by atoms with E-state index in [0.717, 1.165) is 12.1 Å². The van der Waals surface area contributed by atoms with Crippen molar-refractivity contribution < 1.29 is 0 Å². The molecule has 150 valence electrons. The third kappa shape index (κ3) is 3.01. The van der Waals surface area contributed by atoms with Crippen molar-refractivity contribution in [2.75, 3.05) is 4.90 Å². The van der Waals surface area contributed by atoms with Gasteiger partial charge in [0.05, 0.1) is 10.0 Å². The molecule has 0 aliphatic carbocycles. The van der Waals surface area contributed by atoms with Gasteiger partial charge in [-0.1, -0.05) is 53.6 Å². The second-order valence-corrected chi connectivity index (χ2v) is 8.36. The molecule has 1 aliphatic rings. The van der Waals surface area contributed by atoms with Gasteiger partial charge < -0.3 is 4.90 Å². The van der Waals surface area contributed by atoms with Gasteiger partial charge >= 0.3 is 0 Å². The first kappa shape index (κ1) is 19.2. The van der Waals surface area contributed by atoms with Gasteiger partial charge in [-0.2, -0.15) is 4.98 Å². The van der Waals surface area contributed by atoms with Gasteiger partial charge in [0.1, 0.15) is 16.4 Å². The van der Waals surface area contributed by atoms with E-state index in [1.165, 1.54) is 5.56 Å². The molecule has 1 unspecified atom stereocenters. The predicted molar refractivity (Wildman–Crippen MR) is 122 cm³/mol. The largest absolute Gasteiger partial charge is 0.309 e. The first-order valence-electron chi connectivity index (χ1n) is 9.28. The van der Waals surface area contributed by atoms with E-state index < -0.39 is 0 Å². The molecule has 30 heavy (non-hydrogen) atoms. The Morgan fingerprint density at radius 3 is 2.77 bits per heavy atom. The van der Waals surface area contributed by atoms with E-state index in [2.05, 4.69) is 27.9 Å². The number of benzene rings is 2. The van der Waals surface area contributed by atoms with Crippen LogP contribution in [0.25, 0.3) is 16.7 Å². The lowest BCUT2D eigenvalue weighted by Crippen LogP contribution is -2.28. The van der Waals surface area contributed by atoms with Crippen molar-refractivity contribution in [1.29, 1.82) is 0 Å². The minimum absolute atomic E-state index is 0.163. The molecule has 0 spiro atoms. The van der Waals surface area contributed by atoms with E-state index in [9.17, 15) is 4.79 Å². The second kappa shape index (κ2) is 7.19. The third-order valence-electron chi connectivity index (χ3n) is 5.23. The van der Waals surface area contributed by atoms with Gasteiger partial charge in [-0.3, -0.25) is 14.3 Å². The summed E-state index contributed by atoms with van der Waals surface area (Å²) < 4.78 is 1.91. The summed E-state index contributed by atoms with van der Waals surface area (Å²) in [5, 5.41) is 1.08. The monoisotopic (exact) mass is 455 g/mol. The quantitative estimate of drug-likeness (QED) is 0.419. The maximum absolute atomic E-state index is 13.0. The van der Waals surface area contributed by atoms with E-state index in [0.29, 0.717) is 32.0 Å². The van der Waals surface area contributed by atoms with Crippen LogP contribution in [0.15, 0.2) is 53.6 Å². The van der Waals surface area contributed by atoms with Crippen molar-refractivity contribution in [3.05, 3.63) is 79.4 Å². The summed E-state index contributed by atoms with van der Waals surface area (Å²) in [5.41, 5.74) is 2.88. The molecule has 0 amide bonds. The highest BCUT2D eigenvalue weighted by Crippen LogP contribution is 2.36. The van der Waals surface area contributed by atoms with Gasteiger partial charge in [0.25, 0.3) is 5.56 Å². The summed E-state index contributed by atoms with van der Waals surface area (Å²) >= 11 is 17.7. The van der Waals surface area contributed by atoms with Crippen LogP contribution in [0.5, 0.6) is 0 Å². The summed E-state index contributed by atoms with van der Waals surface area (Å²) in [7, 11) is 0. The van der Waals surface area contributed by atoms with Gasteiger partial charge in [0, 0.05) is 17.4 Å². The van der Waals surface area contributed by atoms with Crippen molar-refractivity contribution in [3.8, 4) is 5.69 Å². The first-order valence-corrected chi connectivity index (χ1v) is 10.4. The molecule has 1 atom stereocenters. The molecule has 0 bridgehead atoms. The molecular weight excluding hydrogens is 441 g/mol. The lowest BCUT2D eigenvalue weighted by molar-refractivity contribution is 0.739. The fourth-order valence-electron chi connectivity index (χ4n) is 3.84. The molecule has 6 nitrogen and oxygen atoms in total. The summed E-state index contributed by atoms with van der Waals surface area (Å²) in [6, 6.07) is 13.4. The molecule has 0 saturated carbocycles. The maximum Gasteiger partial charge on any atom is 0.264 e. The number of aromatic nitrogens is 4. The molecule has 1 aliphatic heterocycles. The highest BCUT2D eigenvalue weighted by atomic mass is 35.5. The lowest BCUT2D eigenvalue weighted by atomic mass is 10.1. The van der Waals surface area contributed by atoms with Crippen molar-refractivity contribution in [1.82, 2.24) is 19.5 Å². The predicted octanol–water partition coefficient (Wildman–Crippen LogP) is 5.23. The zero-order chi connectivity index (χ0) is 21.0. The fraction of sp³-hybridized carbons (Fsp3) is 0.143. The Balaban J connectivity index is 1.67. The molecule has 9 heteroatoms. The van der Waals surface area contributed by atoms with E-state index in [1.807, 2.05) is 23.1 Å². The summed E-state index contributed by atoms with van der Waals surface area (Å²) in [6.07, 6.45) is 2.42. The van der Waals surface area contributed by atoms with E-state index in [-0.39, 0.29) is 17.0 Å². The first-order chi connectivity index (χ1) is 14.4. The van der Waals surface area contributed by atoms with Gasteiger partial charge in [-0.05, 0) is 43.2 Å². The minimum atomic E-state index is -0.335. The SMILES string of the molecule is CC1Cc2ccccc2N1c1nc2ncn(-c3ccc(Cl)c(Cl)c3)c(=S)c2c(=O)[nH]1. The summed E-state index contributed by atoms with van der Waals surface area (Å²) in [4.78, 5) is 27.0. The number of nitrogens with one attached hydrogen (secondary N) is 1. The number of halogens is 2. The standard InChI is InChI=1S/C21H15Cl2N5OS/c1-11-8-12-4-2-3-5-16(12)28(11)21-25-18-17(19(29)26-21)20(30)27(10-24-18)13-6-7-14(22)15(23)9-13/h2-7,9-11H,8H2,1H3,(H,25,26,29). The Morgan fingerprint density at radius 2 is 1.97 bits per heavy atom. The Hall–Kier alpha value is -2.74. The van der Waals surface area contributed by atoms with Crippen LogP contribution >= 0.6 is 35.4 Å². The van der Waals surface area contributed by atoms with Crippen molar-refractivity contribution >= 4 is 58.1 Å². The zero-order valence-electron chi connectivity index (χ0n) is 15.8. The van der Waals surface area contributed by atoms with Crippen LogP contribution in [-0.2, 0) is 6.42 Å². The number of anilines is 2. The molecule has 1 N–H and O–H groups in total. The van der Waals surface area contributed by atoms with Gasteiger partial charge in [0.2, 0.25) is 5.95 Å². The maximum atomic E-state index is 13.0. The molecule has 0 fully saturated rings. The molecule has 4 aromatic rings. The van der Waals surface area contributed by atoms with Crippen molar-refractivity contribution in [3.63, 3.8) is 0 Å². The van der Waals surface area contributed by atoms with E-state index in [4.69, 9.17) is 35.4 Å². The van der Waals surface area contributed by atoms with Crippen LogP contribution in [0.1, 0.15) is 12.5 Å². The minimum Gasteiger partial charge on any atom is -0.309 e. The Labute approximate surface area is 186 Å². The van der Waals surface area contributed by atoms with Crippen LogP contribution in [0.3, 0.4) is 0 Å². The van der Waals surface area contributed by atoms with Crippen molar-refractivity contribution in [2.45, 2.75) is 19.4 Å². The number of H-pyrrole nitrogens is 1. The lowest BCUT2D eigenvalue weighted by Gasteiger charge is -2.23.